The van der Waals surface area contributed by atoms with Crippen LogP contribution in [0, 0.1) is 0 Å². The number of anilines is 1. The molecule has 0 radical (unpaired) electrons. The fourth-order valence-corrected chi connectivity index (χ4v) is 3.03. The van der Waals surface area contributed by atoms with Gasteiger partial charge in [-0.05, 0) is 42.0 Å². The van der Waals surface area contributed by atoms with Crippen molar-refractivity contribution in [1.29, 1.82) is 0 Å². The minimum Gasteiger partial charge on any atom is -0.478 e. The van der Waals surface area contributed by atoms with E-state index in [1.165, 1.54) is 0 Å². The van der Waals surface area contributed by atoms with Gasteiger partial charge in [-0.3, -0.25) is 0 Å². The average Bonchev–Trinajstić information content (AvgIpc) is 3.10. The summed E-state index contributed by atoms with van der Waals surface area (Å²) in [5, 5.41) is 17.7. The molecule has 0 aliphatic heterocycles. The van der Waals surface area contributed by atoms with Gasteiger partial charge in [0.05, 0.1) is 17.5 Å². The first-order valence-corrected chi connectivity index (χ1v) is 8.65. The largest absolute Gasteiger partial charge is 0.478 e. The zero-order valence-corrected chi connectivity index (χ0v) is 14.9. The molecule has 0 amide bonds. The Hall–Kier alpha value is -3.38. The van der Waals surface area contributed by atoms with E-state index in [2.05, 4.69) is 15.4 Å². The number of aromatic carboxylic acids is 1. The number of benzene rings is 2. The van der Waals surface area contributed by atoms with Gasteiger partial charge in [-0.2, -0.15) is 0 Å². The lowest BCUT2D eigenvalue weighted by Gasteiger charge is -2.08. The molecule has 2 N–H and O–H groups in total. The molecule has 0 atom stereocenters. The minimum atomic E-state index is -0.970. The van der Waals surface area contributed by atoms with Gasteiger partial charge in [-0.15, -0.1) is 5.10 Å². The number of carbonyl (C=O) groups is 1. The van der Waals surface area contributed by atoms with Crippen molar-refractivity contribution < 1.29 is 9.90 Å². The van der Waals surface area contributed by atoms with Crippen LogP contribution in [-0.4, -0.2) is 25.7 Å². The lowest BCUT2D eigenvalue weighted by molar-refractivity contribution is 0.0697. The quantitative estimate of drug-likeness (QED) is 0.539. The monoisotopic (exact) mass is 378 g/mol. The second-order valence-corrected chi connectivity index (χ2v) is 6.44. The van der Waals surface area contributed by atoms with E-state index in [0.29, 0.717) is 23.0 Å². The summed E-state index contributed by atoms with van der Waals surface area (Å²) in [5.41, 5.74) is 3.41. The summed E-state index contributed by atoms with van der Waals surface area (Å²) in [7, 11) is 0. The number of aromatic nitrogens is 3. The first-order valence-electron chi connectivity index (χ1n) is 8.27. The Bertz CT molecular complexity index is 1140. The number of nitrogens with zero attached hydrogens (tertiary/aromatic N) is 3. The smallest absolute Gasteiger partial charge is 0.335 e. The van der Waals surface area contributed by atoms with E-state index in [-0.39, 0.29) is 5.56 Å². The maximum Gasteiger partial charge on any atom is 0.335 e. The summed E-state index contributed by atoms with van der Waals surface area (Å²) in [6.07, 6.45) is 1.68. The van der Waals surface area contributed by atoms with Gasteiger partial charge in [0, 0.05) is 17.1 Å². The zero-order chi connectivity index (χ0) is 18.8. The molecule has 0 aliphatic carbocycles. The fourth-order valence-electron chi connectivity index (χ4n) is 2.82. The van der Waals surface area contributed by atoms with Crippen LogP contribution >= 0.6 is 11.6 Å². The van der Waals surface area contributed by atoms with Crippen LogP contribution in [0.3, 0.4) is 0 Å². The predicted molar refractivity (Wildman–Crippen MR) is 104 cm³/mol. The number of halogens is 1. The van der Waals surface area contributed by atoms with Gasteiger partial charge >= 0.3 is 5.97 Å². The van der Waals surface area contributed by atoms with E-state index >= 15 is 0 Å². The lowest BCUT2D eigenvalue weighted by Crippen LogP contribution is -2.05. The molecule has 27 heavy (non-hydrogen) atoms. The van der Waals surface area contributed by atoms with Crippen molar-refractivity contribution in [3.63, 3.8) is 0 Å². The van der Waals surface area contributed by atoms with Gasteiger partial charge in [0.25, 0.3) is 0 Å². The number of fused-ring (bicyclic) bond motifs is 1. The number of carboxylic acid groups (broad SMARTS) is 1. The first kappa shape index (κ1) is 17.1. The molecule has 2 heterocycles. The van der Waals surface area contributed by atoms with Gasteiger partial charge in [0.15, 0.2) is 5.65 Å². The van der Waals surface area contributed by atoms with Crippen molar-refractivity contribution in [3.8, 4) is 11.3 Å². The van der Waals surface area contributed by atoms with Crippen LogP contribution in [-0.2, 0) is 6.54 Å². The third kappa shape index (κ3) is 3.61. The Balaban J connectivity index is 1.65. The second-order valence-electron chi connectivity index (χ2n) is 6.00. The van der Waals surface area contributed by atoms with Crippen LogP contribution in [0.15, 0.2) is 66.9 Å². The summed E-state index contributed by atoms with van der Waals surface area (Å²) in [4.78, 5) is 15.6. The molecular weight excluding hydrogens is 364 g/mol. The molecule has 7 heteroatoms. The number of rotatable bonds is 5. The number of hydrogen-bond donors (Lipinski definition) is 2. The third-order valence-electron chi connectivity index (χ3n) is 4.13. The Morgan fingerprint density at radius 2 is 1.96 bits per heavy atom. The molecule has 0 spiro atoms. The van der Waals surface area contributed by atoms with Crippen LogP contribution in [0.5, 0.6) is 0 Å². The van der Waals surface area contributed by atoms with Gasteiger partial charge in [0.1, 0.15) is 5.82 Å². The summed E-state index contributed by atoms with van der Waals surface area (Å²) in [5.74, 6) is -0.293. The number of imidazole rings is 1. The van der Waals surface area contributed by atoms with Crippen molar-refractivity contribution in [1.82, 2.24) is 14.6 Å². The van der Waals surface area contributed by atoms with E-state index in [4.69, 9.17) is 11.6 Å². The Morgan fingerprint density at radius 3 is 2.78 bits per heavy atom. The van der Waals surface area contributed by atoms with E-state index in [9.17, 15) is 9.90 Å². The lowest BCUT2D eigenvalue weighted by atomic mass is 10.1. The Labute approximate surface area is 160 Å². The molecular formula is C20H15ClN4O2. The molecule has 0 aliphatic rings. The average molecular weight is 379 g/mol. The highest BCUT2D eigenvalue weighted by Crippen LogP contribution is 2.22. The maximum absolute atomic E-state index is 11.2. The normalized spacial score (nSPS) is 10.9. The molecule has 2 aromatic heterocycles. The van der Waals surface area contributed by atoms with E-state index in [1.807, 2.05) is 42.5 Å². The molecule has 4 rings (SSSR count). The van der Waals surface area contributed by atoms with Gasteiger partial charge in [0.2, 0.25) is 0 Å². The zero-order valence-electron chi connectivity index (χ0n) is 14.1. The molecule has 6 nitrogen and oxygen atoms in total. The second kappa shape index (κ2) is 7.09. The molecule has 2 aromatic carbocycles. The molecule has 0 unspecified atom stereocenters. The molecule has 4 aromatic rings. The maximum atomic E-state index is 11.2. The highest BCUT2D eigenvalue weighted by molar-refractivity contribution is 6.30. The van der Waals surface area contributed by atoms with E-state index in [0.717, 1.165) is 16.8 Å². The van der Waals surface area contributed by atoms with Gasteiger partial charge < -0.3 is 10.4 Å². The van der Waals surface area contributed by atoms with Gasteiger partial charge in [-0.1, -0.05) is 35.9 Å². The Morgan fingerprint density at radius 1 is 1.11 bits per heavy atom. The summed E-state index contributed by atoms with van der Waals surface area (Å²) >= 11 is 6.02. The number of hydrogen-bond acceptors (Lipinski definition) is 4. The van der Waals surface area contributed by atoms with Crippen LogP contribution in [0.25, 0.3) is 16.9 Å². The molecule has 0 fully saturated rings. The van der Waals surface area contributed by atoms with Crippen molar-refractivity contribution in [2.45, 2.75) is 6.54 Å². The van der Waals surface area contributed by atoms with Crippen molar-refractivity contribution >= 4 is 29.0 Å². The van der Waals surface area contributed by atoms with Gasteiger partial charge in [-0.25, -0.2) is 14.3 Å². The minimum absolute atomic E-state index is 0.220. The standard InChI is InChI=1S/C20H15ClN4O2/c21-16-6-1-3-13(9-16)11-22-18-7-8-19-23-12-17(25(19)24-18)14-4-2-5-15(10-14)20(26)27/h1-10,12H,11H2,(H,22,24)(H,26,27). The van der Waals surface area contributed by atoms with E-state index in [1.54, 1.807) is 28.9 Å². The highest BCUT2D eigenvalue weighted by atomic mass is 35.5. The molecule has 134 valence electrons. The van der Waals surface area contributed by atoms with Crippen molar-refractivity contribution in [2.24, 2.45) is 0 Å². The van der Waals surface area contributed by atoms with Crippen molar-refractivity contribution in [2.75, 3.05) is 5.32 Å². The Kier molecular flexibility index (Phi) is 4.48. The van der Waals surface area contributed by atoms with Crippen molar-refractivity contribution in [3.05, 3.63) is 83.0 Å². The molecule has 0 bridgehead atoms. The summed E-state index contributed by atoms with van der Waals surface area (Å²) in [6.45, 7) is 0.581. The topological polar surface area (TPSA) is 79.5 Å². The van der Waals surface area contributed by atoms with Crippen LogP contribution < -0.4 is 5.32 Å². The summed E-state index contributed by atoms with van der Waals surface area (Å²) in [6, 6.07) is 18.0. The SMILES string of the molecule is O=C(O)c1cccc(-c2cnc3ccc(NCc4cccc(Cl)c4)nn23)c1. The number of nitrogens with one attached hydrogen (secondary N) is 1. The predicted octanol–water partition coefficient (Wildman–Crippen LogP) is 4.36. The number of carboxylic acids is 1. The highest BCUT2D eigenvalue weighted by Gasteiger charge is 2.10. The first-order chi connectivity index (χ1) is 13.1. The fraction of sp³-hybridized carbons (Fsp3) is 0.0500. The molecule has 0 saturated carbocycles. The third-order valence-corrected chi connectivity index (χ3v) is 4.37. The van der Waals surface area contributed by atoms with Crippen LogP contribution in [0.1, 0.15) is 15.9 Å². The molecule has 0 saturated heterocycles. The van der Waals surface area contributed by atoms with Crippen LogP contribution in [0.2, 0.25) is 5.02 Å². The van der Waals surface area contributed by atoms with E-state index < -0.39 is 5.97 Å². The van der Waals surface area contributed by atoms with Crippen LogP contribution in [0.4, 0.5) is 5.82 Å². The summed E-state index contributed by atoms with van der Waals surface area (Å²) < 4.78 is 1.70.